The number of nitrogen functional groups attached to an aromatic ring is 2. The quantitative estimate of drug-likeness (QED) is 0.119. The van der Waals surface area contributed by atoms with Crippen molar-refractivity contribution in [2.75, 3.05) is 25.3 Å². The summed E-state index contributed by atoms with van der Waals surface area (Å²) in [5, 5.41) is 13.6. The Morgan fingerprint density at radius 1 is 0.693 bits per heavy atom. The van der Waals surface area contributed by atoms with Gasteiger partial charge in [0.25, 0.3) is 17.0 Å². The van der Waals surface area contributed by atoms with Gasteiger partial charge in [-0.05, 0) is 100 Å². The smallest absolute Gasteiger partial charge is 0.264 e. The fraction of sp³-hybridized carbons (Fsp3) is 0.264. The number of nitrogens with two attached hydrogens (primary N) is 2. The maximum atomic E-state index is 14.7. The summed E-state index contributed by atoms with van der Waals surface area (Å²) in [5.74, 6) is 1.45. The molecule has 2 saturated carbocycles. The van der Waals surface area contributed by atoms with Gasteiger partial charge in [0.2, 0.25) is 6.79 Å². The third kappa shape index (κ3) is 7.82. The van der Waals surface area contributed by atoms with Gasteiger partial charge in [-0.25, -0.2) is 48.0 Å². The molecule has 20 nitrogen and oxygen atoms in total. The van der Waals surface area contributed by atoms with Crippen LogP contribution in [0, 0.1) is 11.6 Å². The lowest BCUT2D eigenvalue weighted by Crippen LogP contribution is -2.35. The van der Waals surface area contributed by atoms with E-state index >= 15 is 0 Å². The summed E-state index contributed by atoms with van der Waals surface area (Å²) in [4.78, 5) is 66.1. The van der Waals surface area contributed by atoms with Crippen molar-refractivity contribution >= 4 is 61.4 Å². The monoisotopic (exact) mass is 1010 g/mol. The number of amides is 1. The Morgan fingerprint density at radius 3 is 1.83 bits per heavy atom. The van der Waals surface area contributed by atoms with Crippen LogP contribution in [0.2, 0.25) is 0 Å². The fourth-order valence-corrected chi connectivity index (χ4v) is 10.1. The number of nitrogens with one attached hydrogen (secondary N) is 1. The summed E-state index contributed by atoms with van der Waals surface area (Å²) >= 11 is 0. The summed E-state index contributed by atoms with van der Waals surface area (Å²) in [6, 6.07) is 20.4. The molecule has 2 atom stereocenters. The number of hydrogen-bond donors (Lipinski definition) is 3. The third-order valence-electron chi connectivity index (χ3n) is 14.2. The van der Waals surface area contributed by atoms with Crippen LogP contribution in [-0.2, 0) is 0 Å². The first-order valence-corrected chi connectivity index (χ1v) is 24.5. The molecule has 2 aliphatic carbocycles. The molecule has 0 radical (unpaired) electrons. The third-order valence-corrected chi connectivity index (χ3v) is 14.2. The van der Waals surface area contributed by atoms with Gasteiger partial charge in [-0.15, -0.1) is 0 Å². The second kappa shape index (κ2) is 18.4. The van der Waals surface area contributed by atoms with Crippen LogP contribution in [0.25, 0.3) is 66.4 Å². The maximum absolute atomic E-state index is 14.7. The Hall–Kier alpha value is -9.21. The number of fused-ring (bicyclic) bond motifs is 5. The van der Waals surface area contributed by atoms with E-state index in [1.165, 1.54) is 24.8 Å². The van der Waals surface area contributed by atoms with Gasteiger partial charge in [-0.3, -0.25) is 23.5 Å². The summed E-state index contributed by atoms with van der Waals surface area (Å²) in [6.07, 6.45) is 7.61. The van der Waals surface area contributed by atoms with E-state index in [9.17, 15) is 23.2 Å². The first-order chi connectivity index (χ1) is 36.4. The van der Waals surface area contributed by atoms with Gasteiger partial charge in [0.05, 0.1) is 21.8 Å². The highest BCUT2D eigenvalue weighted by molar-refractivity contribution is 6.00. The van der Waals surface area contributed by atoms with Crippen molar-refractivity contribution in [1.82, 2.24) is 63.9 Å². The highest BCUT2D eigenvalue weighted by Gasteiger charge is 2.35. The zero-order valence-electron chi connectivity index (χ0n) is 40.7. The van der Waals surface area contributed by atoms with Crippen LogP contribution in [0.5, 0.6) is 11.5 Å². The fourth-order valence-electron chi connectivity index (χ4n) is 10.1. The highest BCUT2D eigenvalue weighted by Crippen LogP contribution is 2.42. The largest absolute Gasteiger partial charge is 0.454 e. The van der Waals surface area contributed by atoms with E-state index < -0.39 is 29.3 Å². The minimum absolute atomic E-state index is 0.00550. The van der Waals surface area contributed by atoms with Crippen LogP contribution in [0.1, 0.15) is 98.5 Å². The predicted octanol–water partition coefficient (Wildman–Crippen LogP) is 7.61. The normalized spacial score (nSPS) is 15.0. The Labute approximate surface area is 424 Å². The van der Waals surface area contributed by atoms with Crippen LogP contribution < -0.4 is 37.4 Å². The highest BCUT2D eigenvalue weighted by atomic mass is 19.1. The van der Waals surface area contributed by atoms with Crippen LogP contribution >= 0.6 is 0 Å². The van der Waals surface area contributed by atoms with Gasteiger partial charge in [0.1, 0.15) is 81.8 Å². The molecule has 7 heterocycles. The van der Waals surface area contributed by atoms with Gasteiger partial charge in [0, 0.05) is 35.8 Å². The predicted molar refractivity (Wildman–Crippen MR) is 275 cm³/mol. The molecule has 13 rings (SSSR count). The zero-order valence-corrected chi connectivity index (χ0v) is 40.7. The molecule has 4 aromatic carbocycles. The standard InChI is InChI=1S/C27H25FN8O2.C26H22FN7O3/c1-14(24-33-19-8-4-7-18(28)20(19)27(38)35(24)17-5-3-6-17)36-25-21(23(29)31-13-32-25)22(34-36)15-9-11-16(12-10-15)26(37)30-2;1-2-17(24-31-16-5-3-4-15(27)20(16)26(35)33(24)14-7-8-14)34-25-21(23(28)29-11-30-25)22(32-34)13-6-9-18-19(10-13)37-12-36-18/h4,7-14,17H,3,5-6H2,1-2H3,(H,30,37)(H2,29,31,32);3-6,9-11,14,17H,2,7-8,12H2,1H3,(H2,28,29,30). The molecule has 22 heteroatoms. The number of hydrogen-bond acceptors (Lipinski definition) is 15. The molecule has 75 heavy (non-hydrogen) atoms. The van der Waals surface area contributed by atoms with Gasteiger partial charge in [-0.2, -0.15) is 10.2 Å². The molecular formula is C53H47F2N15O5. The van der Waals surface area contributed by atoms with Crippen LogP contribution in [-0.4, -0.2) is 78.3 Å². The molecule has 10 aromatic rings. The summed E-state index contributed by atoms with van der Waals surface area (Å²) in [7, 11) is 1.57. The molecule has 0 spiro atoms. The molecule has 5 N–H and O–H groups in total. The molecule has 0 saturated heterocycles. The van der Waals surface area contributed by atoms with Crippen LogP contribution in [0.3, 0.4) is 0 Å². The Balaban J connectivity index is 0.000000152. The lowest BCUT2D eigenvalue weighted by molar-refractivity contribution is 0.0963. The molecule has 6 aromatic heterocycles. The number of carbonyl (C=O) groups is 1. The van der Waals surface area contributed by atoms with E-state index in [0.29, 0.717) is 79.6 Å². The van der Waals surface area contributed by atoms with E-state index in [2.05, 4.69) is 25.3 Å². The number of aromatic nitrogens is 12. The number of anilines is 2. The Kier molecular flexibility index (Phi) is 11.5. The van der Waals surface area contributed by atoms with Crippen molar-refractivity contribution in [2.24, 2.45) is 0 Å². The van der Waals surface area contributed by atoms with E-state index in [1.54, 1.807) is 74.1 Å². The van der Waals surface area contributed by atoms with Crippen LogP contribution in [0.4, 0.5) is 20.4 Å². The van der Waals surface area contributed by atoms with E-state index in [4.69, 9.17) is 41.1 Å². The molecular weight excluding hydrogens is 965 g/mol. The molecule has 1 aliphatic heterocycles. The van der Waals surface area contributed by atoms with Gasteiger partial charge in [0.15, 0.2) is 22.8 Å². The second-order valence-electron chi connectivity index (χ2n) is 18.7. The molecule has 3 aliphatic rings. The van der Waals surface area contributed by atoms with Gasteiger partial charge in [-0.1, -0.05) is 31.2 Å². The second-order valence-corrected chi connectivity index (χ2v) is 18.7. The maximum Gasteiger partial charge on any atom is 0.264 e. The molecule has 2 unspecified atom stereocenters. The Bertz CT molecular complexity index is 4070. The molecule has 0 bridgehead atoms. The lowest BCUT2D eigenvalue weighted by atomic mass is 9.92. The van der Waals surface area contributed by atoms with Crippen molar-refractivity contribution in [2.45, 2.75) is 76.5 Å². The Morgan fingerprint density at radius 2 is 1.24 bits per heavy atom. The number of benzene rings is 4. The first-order valence-electron chi connectivity index (χ1n) is 24.5. The van der Waals surface area contributed by atoms with Crippen LogP contribution in [0.15, 0.2) is 101 Å². The number of carbonyl (C=O) groups excluding carboxylic acids is 1. The summed E-state index contributed by atoms with van der Waals surface area (Å²) in [5.41, 5.74) is 16.6. The zero-order chi connectivity index (χ0) is 51.8. The first kappa shape index (κ1) is 46.8. The summed E-state index contributed by atoms with van der Waals surface area (Å²) < 4.78 is 47.0. The minimum atomic E-state index is -0.584. The van der Waals surface area contributed by atoms with Gasteiger partial charge >= 0.3 is 0 Å². The van der Waals surface area contributed by atoms with Crippen molar-refractivity contribution in [3.8, 4) is 34.0 Å². The molecule has 1 amide bonds. The van der Waals surface area contributed by atoms with E-state index in [0.717, 1.165) is 43.2 Å². The average Bonchev–Trinajstić information content (AvgIpc) is 3.80. The number of nitrogens with zero attached hydrogens (tertiary/aromatic N) is 12. The SMILES string of the molecule is CCC(c1nc2cccc(F)c2c(=O)n1C1CC1)n1nc(-c2ccc3c(c2)OCO3)c2c(N)ncnc21.CNC(=O)c1ccc(-c2nn(C(C)c3nc4cccc(F)c4c(=O)n3C3CCC3)c3ncnc(N)c23)cc1. The number of halogens is 2. The molecule has 378 valence electrons. The van der Waals surface area contributed by atoms with Crippen molar-refractivity contribution < 1.29 is 23.0 Å². The number of rotatable bonds is 10. The van der Waals surface area contributed by atoms with E-state index in [1.807, 2.05) is 32.0 Å². The van der Waals surface area contributed by atoms with E-state index in [-0.39, 0.29) is 52.8 Å². The molecule has 2 fully saturated rings. The van der Waals surface area contributed by atoms with Crippen molar-refractivity contribution in [1.29, 1.82) is 0 Å². The average molecular weight is 1010 g/mol. The lowest BCUT2D eigenvalue weighted by Gasteiger charge is -2.31. The van der Waals surface area contributed by atoms with Gasteiger partial charge < -0.3 is 26.3 Å². The van der Waals surface area contributed by atoms with Crippen molar-refractivity contribution in [3.63, 3.8) is 0 Å². The summed E-state index contributed by atoms with van der Waals surface area (Å²) in [6.45, 7) is 4.03. The van der Waals surface area contributed by atoms with Crippen molar-refractivity contribution in [3.05, 3.63) is 141 Å². The minimum Gasteiger partial charge on any atom is -0.454 e. The topological polar surface area (TPSA) is 257 Å². The number of ether oxygens (including phenoxy) is 2.